The summed E-state index contributed by atoms with van der Waals surface area (Å²) in [5, 5.41) is 0. The van der Waals surface area contributed by atoms with E-state index in [1.165, 1.54) is 16.4 Å². The van der Waals surface area contributed by atoms with Gasteiger partial charge in [-0.15, -0.1) is 0 Å². The SMILES string of the molecule is O=C(CC1C=CCC1)N1CCN(S(=O)(=O)c2ccc(F)cc2)CC1. The number of allylic oxidation sites excluding steroid dienone is 2. The molecule has 2 aliphatic rings. The molecule has 24 heavy (non-hydrogen) atoms. The van der Waals surface area contributed by atoms with Crippen LogP contribution in [-0.2, 0) is 14.8 Å². The van der Waals surface area contributed by atoms with Crippen molar-refractivity contribution < 1.29 is 17.6 Å². The van der Waals surface area contributed by atoms with E-state index >= 15 is 0 Å². The number of rotatable bonds is 4. The summed E-state index contributed by atoms with van der Waals surface area (Å²) in [6.07, 6.45) is 6.74. The molecule has 3 rings (SSSR count). The average molecular weight is 352 g/mol. The molecule has 0 N–H and O–H groups in total. The van der Waals surface area contributed by atoms with Crippen LogP contribution in [0.1, 0.15) is 19.3 Å². The Morgan fingerprint density at radius 2 is 1.79 bits per heavy atom. The van der Waals surface area contributed by atoms with Gasteiger partial charge in [-0.2, -0.15) is 4.31 Å². The van der Waals surface area contributed by atoms with E-state index in [0.29, 0.717) is 25.4 Å². The predicted molar refractivity (Wildman–Crippen MR) is 88.2 cm³/mol. The Morgan fingerprint density at radius 1 is 1.12 bits per heavy atom. The van der Waals surface area contributed by atoms with E-state index in [2.05, 4.69) is 12.2 Å². The first-order valence-corrected chi connectivity index (χ1v) is 9.61. The molecule has 1 amide bonds. The number of nitrogens with zero attached hydrogens (tertiary/aromatic N) is 2. The van der Waals surface area contributed by atoms with Crippen molar-refractivity contribution in [3.8, 4) is 0 Å². The summed E-state index contributed by atoms with van der Waals surface area (Å²) in [6, 6.07) is 4.83. The normalized spacial score (nSPS) is 22.0. The smallest absolute Gasteiger partial charge is 0.243 e. The second kappa shape index (κ2) is 7.03. The van der Waals surface area contributed by atoms with Gasteiger partial charge < -0.3 is 4.90 Å². The number of piperazine rings is 1. The Labute approximate surface area is 141 Å². The molecule has 0 bridgehead atoms. The summed E-state index contributed by atoms with van der Waals surface area (Å²) < 4.78 is 39.4. The highest BCUT2D eigenvalue weighted by Gasteiger charge is 2.30. The Balaban J connectivity index is 1.58. The van der Waals surface area contributed by atoms with Crippen LogP contribution in [0.5, 0.6) is 0 Å². The molecule has 1 saturated heterocycles. The summed E-state index contributed by atoms with van der Waals surface area (Å²) in [7, 11) is -3.63. The third kappa shape index (κ3) is 3.67. The molecule has 1 heterocycles. The number of hydrogen-bond acceptors (Lipinski definition) is 3. The van der Waals surface area contributed by atoms with Crippen LogP contribution in [0.4, 0.5) is 4.39 Å². The predicted octanol–water partition coefficient (Wildman–Crippen LogP) is 2.01. The van der Waals surface area contributed by atoms with Gasteiger partial charge in [0.1, 0.15) is 5.82 Å². The first kappa shape index (κ1) is 17.1. The van der Waals surface area contributed by atoms with Crippen molar-refractivity contribution >= 4 is 15.9 Å². The highest BCUT2D eigenvalue weighted by Crippen LogP contribution is 2.22. The van der Waals surface area contributed by atoms with Crippen molar-refractivity contribution in [3.05, 3.63) is 42.2 Å². The number of halogens is 1. The molecule has 1 aromatic rings. The third-order valence-corrected chi connectivity index (χ3v) is 6.50. The molecular weight excluding hydrogens is 331 g/mol. The zero-order chi connectivity index (χ0) is 17.2. The molecule has 0 aromatic heterocycles. The summed E-state index contributed by atoms with van der Waals surface area (Å²) in [5.74, 6) is -0.0609. The highest BCUT2D eigenvalue weighted by molar-refractivity contribution is 7.89. The van der Waals surface area contributed by atoms with Gasteiger partial charge in [-0.3, -0.25) is 4.79 Å². The fourth-order valence-corrected chi connectivity index (χ4v) is 4.57. The minimum Gasteiger partial charge on any atom is -0.340 e. The van der Waals surface area contributed by atoms with E-state index in [1.54, 1.807) is 4.90 Å². The number of hydrogen-bond donors (Lipinski definition) is 0. The fraction of sp³-hybridized carbons (Fsp3) is 0.471. The van der Waals surface area contributed by atoms with Crippen molar-refractivity contribution in [2.45, 2.75) is 24.2 Å². The summed E-state index contributed by atoms with van der Waals surface area (Å²) >= 11 is 0. The Kier molecular flexibility index (Phi) is 5.01. The van der Waals surface area contributed by atoms with E-state index in [1.807, 2.05) is 0 Å². The zero-order valence-corrected chi connectivity index (χ0v) is 14.2. The van der Waals surface area contributed by atoms with Crippen LogP contribution >= 0.6 is 0 Å². The number of sulfonamides is 1. The third-order valence-electron chi connectivity index (χ3n) is 4.59. The van der Waals surface area contributed by atoms with E-state index < -0.39 is 15.8 Å². The van der Waals surface area contributed by atoms with Gasteiger partial charge in [0, 0.05) is 32.6 Å². The highest BCUT2D eigenvalue weighted by atomic mass is 32.2. The Bertz CT molecular complexity index is 723. The molecule has 1 aliphatic heterocycles. The maximum atomic E-state index is 13.0. The van der Waals surface area contributed by atoms with E-state index in [0.717, 1.165) is 25.0 Å². The zero-order valence-electron chi connectivity index (χ0n) is 13.4. The van der Waals surface area contributed by atoms with Crippen LogP contribution in [0.25, 0.3) is 0 Å². The minimum absolute atomic E-state index is 0.0831. The average Bonchev–Trinajstić information content (AvgIpc) is 3.08. The molecular formula is C17H21FN2O3S. The maximum absolute atomic E-state index is 13.0. The van der Waals surface area contributed by atoms with Crippen molar-refractivity contribution in [2.24, 2.45) is 5.92 Å². The first-order valence-electron chi connectivity index (χ1n) is 8.17. The first-order chi connectivity index (χ1) is 11.5. The fourth-order valence-electron chi connectivity index (χ4n) is 3.15. The van der Waals surface area contributed by atoms with Crippen molar-refractivity contribution in [3.63, 3.8) is 0 Å². The van der Waals surface area contributed by atoms with Gasteiger partial charge >= 0.3 is 0 Å². The molecule has 1 aromatic carbocycles. The minimum atomic E-state index is -3.63. The second-order valence-electron chi connectivity index (χ2n) is 6.21. The maximum Gasteiger partial charge on any atom is 0.243 e. The quantitative estimate of drug-likeness (QED) is 0.779. The standard InChI is InChI=1S/C17H21FN2O3S/c18-15-5-7-16(8-6-15)24(22,23)20-11-9-19(10-12-20)17(21)13-14-3-1-2-4-14/h1,3,5-8,14H,2,4,9-13H2. The Morgan fingerprint density at radius 3 is 2.38 bits per heavy atom. The molecule has 1 unspecified atom stereocenters. The lowest BCUT2D eigenvalue weighted by molar-refractivity contribution is -0.133. The van der Waals surface area contributed by atoms with Crippen LogP contribution < -0.4 is 0 Å². The molecule has 0 saturated carbocycles. The van der Waals surface area contributed by atoms with Gasteiger partial charge in [-0.25, -0.2) is 12.8 Å². The molecule has 130 valence electrons. The van der Waals surface area contributed by atoms with Crippen LogP contribution in [0.15, 0.2) is 41.3 Å². The van der Waals surface area contributed by atoms with E-state index in [-0.39, 0.29) is 23.9 Å². The molecule has 5 nitrogen and oxygen atoms in total. The molecule has 0 spiro atoms. The summed E-state index contributed by atoms with van der Waals surface area (Å²) in [6.45, 7) is 1.34. The number of carbonyl (C=O) groups excluding carboxylic acids is 1. The van der Waals surface area contributed by atoms with Gasteiger partial charge in [-0.1, -0.05) is 12.2 Å². The van der Waals surface area contributed by atoms with Gasteiger partial charge in [-0.05, 0) is 43.0 Å². The molecule has 1 fully saturated rings. The van der Waals surface area contributed by atoms with Crippen LogP contribution in [0, 0.1) is 11.7 Å². The number of amides is 1. The lowest BCUT2D eigenvalue weighted by atomic mass is 10.0. The van der Waals surface area contributed by atoms with Crippen LogP contribution in [0.2, 0.25) is 0 Å². The van der Waals surface area contributed by atoms with E-state index in [9.17, 15) is 17.6 Å². The summed E-state index contributed by atoms with van der Waals surface area (Å²) in [5.41, 5.74) is 0. The number of carbonyl (C=O) groups is 1. The molecule has 7 heteroatoms. The lowest BCUT2D eigenvalue weighted by Gasteiger charge is -2.34. The molecule has 1 atom stereocenters. The largest absolute Gasteiger partial charge is 0.340 e. The van der Waals surface area contributed by atoms with Crippen LogP contribution in [-0.4, -0.2) is 49.7 Å². The van der Waals surface area contributed by atoms with Gasteiger partial charge in [0.2, 0.25) is 15.9 Å². The lowest BCUT2D eigenvalue weighted by Crippen LogP contribution is -2.50. The molecule has 1 aliphatic carbocycles. The van der Waals surface area contributed by atoms with Gasteiger partial charge in [0.15, 0.2) is 0 Å². The van der Waals surface area contributed by atoms with Crippen molar-refractivity contribution in [2.75, 3.05) is 26.2 Å². The van der Waals surface area contributed by atoms with Gasteiger partial charge in [0.25, 0.3) is 0 Å². The van der Waals surface area contributed by atoms with Crippen molar-refractivity contribution in [1.82, 2.24) is 9.21 Å². The van der Waals surface area contributed by atoms with Crippen molar-refractivity contribution in [1.29, 1.82) is 0 Å². The number of benzene rings is 1. The monoisotopic (exact) mass is 352 g/mol. The topological polar surface area (TPSA) is 57.7 Å². The van der Waals surface area contributed by atoms with Crippen LogP contribution in [0.3, 0.4) is 0 Å². The van der Waals surface area contributed by atoms with E-state index in [4.69, 9.17) is 0 Å². The summed E-state index contributed by atoms with van der Waals surface area (Å²) in [4.78, 5) is 14.1. The van der Waals surface area contributed by atoms with Gasteiger partial charge in [0.05, 0.1) is 4.90 Å². The second-order valence-corrected chi connectivity index (χ2v) is 8.15. The molecule has 0 radical (unpaired) electrons. The Hall–Kier alpha value is -1.73.